The average molecular weight is 305 g/mol. The molecule has 0 aliphatic carbocycles. The van der Waals surface area contributed by atoms with Crippen molar-refractivity contribution in [1.29, 1.82) is 0 Å². The van der Waals surface area contributed by atoms with E-state index in [1.807, 2.05) is 0 Å². The molecule has 6 heteroatoms. The zero-order chi connectivity index (χ0) is 16.1. The molecule has 1 saturated heterocycles. The number of anilines is 1. The third-order valence-electron chi connectivity index (χ3n) is 4.26. The first-order chi connectivity index (χ1) is 10.5. The van der Waals surface area contributed by atoms with Crippen LogP contribution >= 0.6 is 0 Å². The minimum Gasteiger partial charge on any atom is -0.368 e. The fraction of sp³-hybridized carbons (Fsp3) is 0.500. The van der Waals surface area contributed by atoms with Gasteiger partial charge >= 0.3 is 0 Å². The van der Waals surface area contributed by atoms with Crippen molar-refractivity contribution in [2.24, 2.45) is 5.73 Å². The summed E-state index contributed by atoms with van der Waals surface area (Å²) in [6.45, 7) is 8.29. The quantitative estimate of drug-likeness (QED) is 0.627. The summed E-state index contributed by atoms with van der Waals surface area (Å²) in [5, 5.41) is 2.54. The van der Waals surface area contributed by atoms with Gasteiger partial charge in [0.2, 0.25) is 5.91 Å². The molecule has 0 bridgehead atoms. The standard InChI is InChI=1S/C16H24N4O2/c1-12-4-3-5-14(13(12)2)20-8-6-19(7-9-20)11-16(22)18-10-15(17)21/h3-5H,6-11H2,1-2H3,(H2,17,21)(H,18,22)/p+1. The number of nitrogens with two attached hydrogens (primary N) is 1. The number of quaternary nitrogens is 1. The first-order valence-corrected chi connectivity index (χ1v) is 7.67. The Morgan fingerprint density at radius 3 is 2.59 bits per heavy atom. The maximum Gasteiger partial charge on any atom is 0.275 e. The van der Waals surface area contributed by atoms with Crippen LogP contribution < -0.4 is 20.9 Å². The lowest BCUT2D eigenvalue weighted by Gasteiger charge is -2.34. The summed E-state index contributed by atoms with van der Waals surface area (Å²) in [6, 6.07) is 6.38. The molecule has 1 aromatic rings. The van der Waals surface area contributed by atoms with Gasteiger partial charge in [0, 0.05) is 5.69 Å². The number of carbonyl (C=O) groups excluding carboxylic acids is 2. The van der Waals surface area contributed by atoms with Crippen molar-refractivity contribution < 1.29 is 14.5 Å². The highest BCUT2D eigenvalue weighted by atomic mass is 16.2. The van der Waals surface area contributed by atoms with Gasteiger partial charge in [-0.3, -0.25) is 9.59 Å². The summed E-state index contributed by atoms with van der Waals surface area (Å²) in [5.41, 5.74) is 8.93. The lowest BCUT2D eigenvalue weighted by Crippen LogP contribution is -3.16. The molecule has 2 amide bonds. The molecule has 0 saturated carbocycles. The number of nitrogens with zero attached hydrogens (tertiary/aromatic N) is 1. The van der Waals surface area contributed by atoms with Crippen LogP contribution in [0.2, 0.25) is 0 Å². The predicted molar refractivity (Wildman–Crippen MR) is 85.9 cm³/mol. The molecule has 2 rings (SSSR count). The van der Waals surface area contributed by atoms with Gasteiger partial charge in [-0.25, -0.2) is 0 Å². The van der Waals surface area contributed by atoms with Crippen molar-refractivity contribution in [2.45, 2.75) is 13.8 Å². The van der Waals surface area contributed by atoms with Crippen LogP contribution in [-0.2, 0) is 9.59 Å². The van der Waals surface area contributed by atoms with Gasteiger partial charge in [0.25, 0.3) is 5.91 Å². The number of nitrogens with one attached hydrogen (secondary N) is 2. The zero-order valence-electron chi connectivity index (χ0n) is 13.3. The van der Waals surface area contributed by atoms with Crippen molar-refractivity contribution in [3.8, 4) is 0 Å². The van der Waals surface area contributed by atoms with Gasteiger partial charge in [0.05, 0.1) is 32.7 Å². The summed E-state index contributed by atoms with van der Waals surface area (Å²) in [4.78, 5) is 26.0. The van der Waals surface area contributed by atoms with Gasteiger partial charge in [-0.1, -0.05) is 12.1 Å². The van der Waals surface area contributed by atoms with Gasteiger partial charge in [-0.2, -0.15) is 0 Å². The van der Waals surface area contributed by atoms with Crippen LogP contribution in [0.15, 0.2) is 18.2 Å². The minimum absolute atomic E-state index is 0.0826. The number of carbonyl (C=O) groups is 2. The monoisotopic (exact) mass is 305 g/mol. The minimum atomic E-state index is -0.511. The van der Waals surface area contributed by atoms with Gasteiger partial charge in [-0.05, 0) is 31.0 Å². The van der Waals surface area contributed by atoms with E-state index in [0.29, 0.717) is 6.54 Å². The molecule has 1 heterocycles. The van der Waals surface area contributed by atoms with Gasteiger partial charge in [0.15, 0.2) is 6.54 Å². The molecule has 0 radical (unpaired) electrons. The molecular formula is C16H25N4O2+. The highest BCUT2D eigenvalue weighted by Gasteiger charge is 2.23. The maximum atomic E-state index is 11.7. The smallest absolute Gasteiger partial charge is 0.275 e. The van der Waals surface area contributed by atoms with E-state index < -0.39 is 5.91 Å². The Balaban J connectivity index is 1.84. The van der Waals surface area contributed by atoms with Crippen LogP contribution in [0.4, 0.5) is 5.69 Å². The van der Waals surface area contributed by atoms with E-state index >= 15 is 0 Å². The fourth-order valence-corrected chi connectivity index (χ4v) is 2.79. The summed E-state index contributed by atoms with van der Waals surface area (Å²) >= 11 is 0. The van der Waals surface area contributed by atoms with Crippen LogP contribution in [0.25, 0.3) is 0 Å². The third kappa shape index (κ3) is 4.21. The number of aryl methyl sites for hydroxylation is 1. The van der Waals surface area contributed by atoms with Crippen molar-refractivity contribution in [2.75, 3.05) is 44.2 Å². The molecule has 22 heavy (non-hydrogen) atoms. The second-order valence-electron chi connectivity index (χ2n) is 5.88. The molecule has 1 aliphatic heterocycles. The molecule has 0 aromatic heterocycles. The molecule has 0 unspecified atom stereocenters. The molecule has 6 nitrogen and oxygen atoms in total. The SMILES string of the molecule is Cc1cccc(N2CC[NH+](CC(=O)NCC(N)=O)CC2)c1C. The van der Waals surface area contributed by atoms with Crippen molar-refractivity contribution in [3.63, 3.8) is 0 Å². The number of amides is 2. The van der Waals surface area contributed by atoms with Crippen LogP contribution in [0.3, 0.4) is 0 Å². The molecular weight excluding hydrogens is 280 g/mol. The van der Waals surface area contributed by atoms with E-state index in [1.165, 1.54) is 21.7 Å². The summed E-state index contributed by atoms with van der Waals surface area (Å²) in [6.07, 6.45) is 0. The lowest BCUT2D eigenvalue weighted by atomic mass is 10.1. The number of hydrogen-bond acceptors (Lipinski definition) is 3. The highest BCUT2D eigenvalue weighted by Crippen LogP contribution is 2.22. The normalized spacial score (nSPS) is 15.6. The molecule has 0 spiro atoms. The van der Waals surface area contributed by atoms with Crippen LogP contribution in [0, 0.1) is 13.8 Å². The maximum absolute atomic E-state index is 11.7. The second kappa shape index (κ2) is 7.26. The van der Waals surface area contributed by atoms with E-state index in [-0.39, 0.29) is 12.5 Å². The van der Waals surface area contributed by atoms with Crippen molar-refractivity contribution in [3.05, 3.63) is 29.3 Å². The van der Waals surface area contributed by atoms with E-state index in [0.717, 1.165) is 26.2 Å². The number of piperazine rings is 1. The van der Waals surface area contributed by atoms with E-state index in [1.54, 1.807) is 0 Å². The largest absolute Gasteiger partial charge is 0.368 e. The molecule has 4 N–H and O–H groups in total. The summed E-state index contributed by atoms with van der Waals surface area (Å²) in [5.74, 6) is -0.628. The number of primary amides is 1. The topological polar surface area (TPSA) is 79.9 Å². The molecule has 0 atom stereocenters. The van der Waals surface area contributed by atoms with Crippen molar-refractivity contribution >= 4 is 17.5 Å². The Morgan fingerprint density at radius 2 is 1.95 bits per heavy atom. The first kappa shape index (κ1) is 16.3. The number of hydrogen-bond donors (Lipinski definition) is 3. The Labute approximate surface area is 131 Å². The molecule has 1 aromatic carbocycles. The number of rotatable bonds is 5. The highest BCUT2D eigenvalue weighted by molar-refractivity contribution is 5.84. The van der Waals surface area contributed by atoms with Gasteiger partial charge in [-0.15, -0.1) is 0 Å². The summed E-state index contributed by atoms with van der Waals surface area (Å²) in [7, 11) is 0. The van der Waals surface area contributed by atoms with Crippen LogP contribution in [0.1, 0.15) is 11.1 Å². The Hall–Kier alpha value is -2.08. The Kier molecular flexibility index (Phi) is 5.38. The van der Waals surface area contributed by atoms with Crippen LogP contribution in [0.5, 0.6) is 0 Å². The van der Waals surface area contributed by atoms with Crippen LogP contribution in [-0.4, -0.2) is 51.1 Å². The van der Waals surface area contributed by atoms with Crippen molar-refractivity contribution in [1.82, 2.24) is 5.32 Å². The average Bonchev–Trinajstić information content (AvgIpc) is 2.49. The second-order valence-corrected chi connectivity index (χ2v) is 5.88. The predicted octanol–water partition coefficient (Wildman–Crippen LogP) is -1.39. The van der Waals surface area contributed by atoms with Gasteiger partial charge in [0.1, 0.15) is 0 Å². The molecule has 120 valence electrons. The van der Waals surface area contributed by atoms with E-state index in [2.05, 4.69) is 42.3 Å². The first-order valence-electron chi connectivity index (χ1n) is 7.67. The molecule has 1 aliphatic rings. The zero-order valence-corrected chi connectivity index (χ0v) is 13.3. The van der Waals surface area contributed by atoms with E-state index in [4.69, 9.17) is 5.73 Å². The van der Waals surface area contributed by atoms with Gasteiger partial charge < -0.3 is 20.9 Å². The van der Waals surface area contributed by atoms with E-state index in [9.17, 15) is 9.59 Å². The summed E-state index contributed by atoms with van der Waals surface area (Å²) < 4.78 is 0. The molecule has 1 fully saturated rings. The third-order valence-corrected chi connectivity index (χ3v) is 4.26. The fourth-order valence-electron chi connectivity index (χ4n) is 2.79. The number of benzene rings is 1. The Morgan fingerprint density at radius 1 is 1.27 bits per heavy atom. The Bertz CT molecular complexity index is 551. The lowest BCUT2D eigenvalue weighted by molar-refractivity contribution is -0.892.